The minimum absolute atomic E-state index is 0.0942. The van der Waals surface area contributed by atoms with Crippen molar-refractivity contribution in [3.05, 3.63) is 24.3 Å². The van der Waals surface area contributed by atoms with Gasteiger partial charge in [-0.3, -0.25) is 4.90 Å². The van der Waals surface area contributed by atoms with Gasteiger partial charge in [0, 0.05) is 51.1 Å². The lowest BCUT2D eigenvalue weighted by molar-refractivity contribution is 0.229. The van der Waals surface area contributed by atoms with Crippen LogP contribution in [0.25, 0.3) is 0 Å². The highest BCUT2D eigenvalue weighted by Crippen LogP contribution is 2.23. The SMILES string of the molecule is CN1CCN(c2ccc(N3CCCNCC3)cc2)C1=O. The number of hydrogen-bond donors (Lipinski definition) is 1. The lowest BCUT2D eigenvalue weighted by atomic mass is 10.2. The van der Waals surface area contributed by atoms with E-state index in [1.807, 2.05) is 11.9 Å². The normalized spacial score (nSPS) is 20.4. The fourth-order valence-electron chi connectivity index (χ4n) is 2.83. The summed E-state index contributed by atoms with van der Waals surface area (Å²) in [7, 11) is 1.85. The van der Waals surface area contributed by atoms with Crippen LogP contribution in [-0.2, 0) is 0 Å². The summed E-state index contributed by atoms with van der Waals surface area (Å²) in [4.78, 5) is 18.0. The van der Waals surface area contributed by atoms with Gasteiger partial charge in [0.15, 0.2) is 0 Å². The van der Waals surface area contributed by atoms with E-state index in [4.69, 9.17) is 0 Å². The molecule has 1 aromatic carbocycles. The van der Waals surface area contributed by atoms with Gasteiger partial charge in [-0.15, -0.1) is 0 Å². The van der Waals surface area contributed by atoms with Crippen LogP contribution >= 0.6 is 0 Å². The first-order valence-corrected chi connectivity index (χ1v) is 7.34. The second-order valence-electron chi connectivity index (χ2n) is 5.46. The first-order valence-electron chi connectivity index (χ1n) is 7.34. The molecule has 2 heterocycles. The molecule has 2 amide bonds. The fraction of sp³-hybridized carbons (Fsp3) is 0.533. The van der Waals surface area contributed by atoms with Gasteiger partial charge in [-0.1, -0.05) is 0 Å². The molecule has 1 aromatic rings. The summed E-state index contributed by atoms with van der Waals surface area (Å²) in [5.41, 5.74) is 2.24. The summed E-state index contributed by atoms with van der Waals surface area (Å²) in [6, 6.07) is 8.48. The zero-order chi connectivity index (χ0) is 13.9. The van der Waals surface area contributed by atoms with Crippen molar-refractivity contribution < 1.29 is 4.79 Å². The van der Waals surface area contributed by atoms with E-state index in [1.54, 1.807) is 4.90 Å². The highest BCUT2D eigenvalue weighted by Gasteiger charge is 2.26. The lowest BCUT2D eigenvalue weighted by Crippen LogP contribution is -2.29. The largest absolute Gasteiger partial charge is 0.370 e. The van der Waals surface area contributed by atoms with E-state index in [2.05, 4.69) is 34.5 Å². The summed E-state index contributed by atoms with van der Waals surface area (Å²) in [6.45, 7) is 5.86. The zero-order valence-electron chi connectivity index (χ0n) is 12.0. The van der Waals surface area contributed by atoms with E-state index in [0.717, 1.165) is 45.0 Å². The van der Waals surface area contributed by atoms with Crippen LogP contribution in [0.3, 0.4) is 0 Å². The van der Waals surface area contributed by atoms with Crippen molar-refractivity contribution in [3.63, 3.8) is 0 Å². The van der Waals surface area contributed by atoms with Gasteiger partial charge in [-0.25, -0.2) is 4.79 Å². The van der Waals surface area contributed by atoms with Crippen LogP contribution < -0.4 is 15.1 Å². The smallest absolute Gasteiger partial charge is 0.324 e. The number of carbonyl (C=O) groups excluding carboxylic acids is 1. The Kier molecular flexibility index (Phi) is 3.78. The summed E-state index contributed by atoms with van der Waals surface area (Å²) < 4.78 is 0. The molecule has 0 aromatic heterocycles. The van der Waals surface area contributed by atoms with Crippen molar-refractivity contribution in [2.45, 2.75) is 6.42 Å². The second kappa shape index (κ2) is 5.71. The summed E-state index contributed by atoms with van der Waals surface area (Å²) >= 11 is 0. The minimum atomic E-state index is 0.0942. The predicted octanol–water partition coefficient (Wildman–Crippen LogP) is 1.36. The lowest BCUT2D eigenvalue weighted by Gasteiger charge is -2.23. The number of nitrogens with zero attached hydrogens (tertiary/aromatic N) is 3. The number of urea groups is 1. The molecule has 5 heteroatoms. The maximum absolute atomic E-state index is 12.0. The Morgan fingerprint density at radius 1 is 0.950 bits per heavy atom. The van der Waals surface area contributed by atoms with Crippen molar-refractivity contribution in [3.8, 4) is 0 Å². The molecule has 2 saturated heterocycles. The van der Waals surface area contributed by atoms with E-state index in [0.29, 0.717) is 0 Å². The van der Waals surface area contributed by atoms with Crippen LogP contribution in [0, 0.1) is 0 Å². The molecule has 0 bridgehead atoms. The topological polar surface area (TPSA) is 38.8 Å². The van der Waals surface area contributed by atoms with Crippen LogP contribution in [0.2, 0.25) is 0 Å². The Morgan fingerprint density at radius 2 is 1.70 bits per heavy atom. The van der Waals surface area contributed by atoms with E-state index < -0.39 is 0 Å². The van der Waals surface area contributed by atoms with Gasteiger partial charge >= 0.3 is 6.03 Å². The summed E-state index contributed by atoms with van der Waals surface area (Å²) in [5, 5.41) is 3.41. The predicted molar refractivity (Wildman–Crippen MR) is 81.5 cm³/mol. The molecule has 2 fully saturated rings. The number of carbonyl (C=O) groups is 1. The Balaban J connectivity index is 1.72. The number of hydrogen-bond acceptors (Lipinski definition) is 3. The highest BCUT2D eigenvalue weighted by atomic mass is 16.2. The molecule has 1 N–H and O–H groups in total. The number of benzene rings is 1. The molecule has 0 radical (unpaired) electrons. The highest BCUT2D eigenvalue weighted by molar-refractivity contribution is 5.94. The van der Waals surface area contributed by atoms with Gasteiger partial charge in [-0.05, 0) is 37.2 Å². The molecule has 0 spiro atoms. The third-order valence-corrected chi connectivity index (χ3v) is 4.08. The molecule has 20 heavy (non-hydrogen) atoms. The second-order valence-corrected chi connectivity index (χ2v) is 5.46. The van der Waals surface area contributed by atoms with E-state index >= 15 is 0 Å². The first kappa shape index (κ1) is 13.2. The Morgan fingerprint density at radius 3 is 2.40 bits per heavy atom. The molecule has 0 unspecified atom stereocenters. The molecule has 3 rings (SSSR count). The van der Waals surface area contributed by atoms with Gasteiger partial charge in [0.2, 0.25) is 0 Å². The van der Waals surface area contributed by atoms with Gasteiger partial charge < -0.3 is 15.1 Å². The summed E-state index contributed by atoms with van der Waals surface area (Å²) in [5.74, 6) is 0. The Hall–Kier alpha value is -1.75. The average molecular weight is 274 g/mol. The van der Waals surface area contributed by atoms with Crippen LogP contribution in [0.5, 0.6) is 0 Å². The molecular weight excluding hydrogens is 252 g/mol. The van der Waals surface area contributed by atoms with E-state index in [1.165, 1.54) is 12.1 Å². The number of likely N-dealkylation sites (N-methyl/N-ethyl adjacent to an activating group) is 1. The van der Waals surface area contributed by atoms with Crippen molar-refractivity contribution in [1.82, 2.24) is 10.2 Å². The van der Waals surface area contributed by atoms with Crippen LogP contribution in [0.1, 0.15) is 6.42 Å². The summed E-state index contributed by atoms with van der Waals surface area (Å²) in [6.07, 6.45) is 1.18. The quantitative estimate of drug-likeness (QED) is 0.885. The van der Waals surface area contributed by atoms with Crippen molar-refractivity contribution >= 4 is 17.4 Å². The van der Waals surface area contributed by atoms with Crippen LogP contribution in [0.15, 0.2) is 24.3 Å². The molecular formula is C15H22N4O. The van der Waals surface area contributed by atoms with Crippen molar-refractivity contribution in [2.75, 3.05) is 56.1 Å². The van der Waals surface area contributed by atoms with Crippen molar-refractivity contribution in [2.24, 2.45) is 0 Å². The van der Waals surface area contributed by atoms with Gasteiger partial charge in [0.25, 0.3) is 0 Å². The third-order valence-electron chi connectivity index (χ3n) is 4.08. The van der Waals surface area contributed by atoms with Gasteiger partial charge in [0.1, 0.15) is 0 Å². The van der Waals surface area contributed by atoms with Crippen LogP contribution in [0.4, 0.5) is 16.2 Å². The van der Waals surface area contributed by atoms with E-state index in [9.17, 15) is 4.79 Å². The van der Waals surface area contributed by atoms with Crippen LogP contribution in [-0.4, -0.2) is 57.2 Å². The number of anilines is 2. The molecule has 108 valence electrons. The van der Waals surface area contributed by atoms with E-state index in [-0.39, 0.29) is 6.03 Å². The molecule has 5 nitrogen and oxygen atoms in total. The molecule has 2 aliphatic rings. The number of rotatable bonds is 2. The maximum atomic E-state index is 12.0. The first-order chi connectivity index (χ1) is 9.75. The minimum Gasteiger partial charge on any atom is -0.370 e. The monoisotopic (exact) mass is 274 g/mol. The number of nitrogens with one attached hydrogen (secondary N) is 1. The standard InChI is InChI=1S/C15H22N4O/c1-17-11-12-19(15(17)20)14-5-3-13(4-6-14)18-9-2-7-16-8-10-18/h3-6,16H,2,7-12H2,1H3. The van der Waals surface area contributed by atoms with Crippen molar-refractivity contribution in [1.29, 1.82) is 0 Å². The van der Waals surface area contributed by atoms with Gasteiger partial charge in [0.05, 0.1) is 0 Å². The molecule has 0 atom stereocenters. The molecule has 0 saturated carbocycles. The Bertz CT molecular complexity index is 465. The molecule has 2 aliphatic heterocycles. The number of amides is 2. The fourth-order valence-corrected chi connectivity index (χ4v) is 2.83. The average Bonchev–Trinajstić information content (AvgIpc) is 2.71. The zero-order valence-corrected chi connectivity index (χ0v) is 12.0. The maximum Gasteiger partial charge on any atom is 0.324 e. The molecule has 0 aliphatic carbocycles. The third kappa shape index (κ3) is 2.58. The van der Waals surface area contributed by atoms with Gasteiger partial charge in [-0.2, -0.15) is 0 Å². The Labute approximate surface area is 120 Å².